The zero-order chi connectivity index (χ0) is 14.7. The quantitative estimate of drug-likeness (QED) is 0.905. The lowest BCUT2D eigenvalue weighted by molar-refractivity contribution is 0.0934. The van der Waals surface area contributed by atoms with Crippen LogP contribution in [-0.2, 0) is 6.61 Å². The second kappa shape index (κ2) is 6.11. The third-order valence-electron chi connectivity index (χ3n) is 2.94. The molecule has 2 rings (SSSR count). The Hall–Kier alpha value is -1.79. The highest BCUT2D eigenvalue weighted by atomic mass is 32.1. The van der Waals surface area contributed by atoms with Crippen LogP contribution < -0.4 is 5.32 Å². The Labute approximate surface area is 121 Å². The number of nitrogens with zero attached hydrogens (tertiary/aromatic N) is 2. The normalized spacial score (nSPS) is 12.2. The van der Waals surface area contributed by atoms with Crippen LogP contribution in [0.15, 0.2) is 18.3 Å². The highest BCUT2D eigenvalue weighted by Crippen LogP contribution is 2.22. The predicted molar refractivity (Wildman–Crippen MR) is 77.6 cm³/mol. The molecule has 0 fully saturated rings. The topological polar surface area (TPSA) is 75.1 Å². The zero-order valence-corrected chi connectivity index (χ0v) is 12.5. The van der Waals surface area contributed by atoms with Crippen LogP contribution in [0.1, 0.15) is 44.6 Å². The predicted octanol–water partition coefficient (Wildman–Crippen LogP) is 2.14. The fourth-order valence-electron chi connectivity index (χ4n) is 1.98. The number of pyridine rings is 1. The highest BCUT2D eigenvalue weighted by Gasteiger charge is 2.17. The first kappa shape index (κ1) is 14.6. The number of aromatic nitrogens is 2. The highest BCUT2D eigenvalue weighted by molar-refractivity contribution is 7.11. The number of carbonyl (C=O) groups excluding carboxylic acids is 1. The molecule has 2 heterocycles. The minimum Gasteiger partial charge on any atom is -0.392 e. The van der Waals surface area contributed by atoms with Crippen molar-refractivity contribution in [2.45, 2.75) is 33.4 Å². The smallest absolute Gasteiger partial charge is 0.270 e. The number of aliphatic hydroxyl groups excluding tert-OH is 1. The van der Waals surface area contributed by atoms with Gasteiger partial charge in [0.15, 0.2) is 0 Å². The van der Waals surface area contributed by atoms with Gasteiger partial charge in [-0.3, -0.25) is 9.78 Å². The molecular weight excluding hydrogens is 274 g/mol. The lowest BCUT2D eigenvalue weighted by atomic mass is 10.2. The lowest BCUT2D eigenvalue weighted by Crippen LogP contribution is -2.28. The molecule has 0 spiro atoms. The third kappa shape index (κ3) is 3.20. The van der Waals surface area contributed by atoms with E-state index in [9.17, 15) is 4.79 Å². The van der Waals surface area contributed by atoms with Crippen LogP contribution in [0.25, 0.3) is 0 Å². The summed E-state index contributed by atoms with van der Waals surface area (Å²) in [6.07, 6.45) is 1.52. The summed E-state index contributed by atoms with van der Waals surface area (Å²) < 4.78 is 0. The second-order valence-corrected chi connectivity index (χ2v) is 5.98. The maximum atomic E-state index is 12.1. The van der Waals surface area contributed by atoms with Gasteiger partial charge in [0.25, 0.3) is 5.91 Å². The largest absolute Gasteiger partial charge is 0.392 e. The van der Waals surface area contributed by atoms with E-state index in [-0.39, 0.29) is 18.6 Å². The molecular formula is C14H17N3O2S. The first-order chi connectivity index (χ1) is 9.51. The third-order valence-corrected chi connectivity index (χ3v) is 3.84. The van der Waals surface area contributed by atoms with Crippen molar-refractivity contribution in [2.75, 3.05) is 0 Å². The van der Waals surface area contributed by atoms with Gasteiger partial charge in [-0.25, -0.2) is 4.98 Å². The molecule has 0 unspecified atom stereocenters. The number of rotatable bonds is 4. The monoisotopic (exact) mass is 291 g/mol. The van der Waals surface area contributed by atoms with Gasteiger partial charge in [-0.15, -0.1) is 11.3 Å². The fraction of sp³-hybridized carbons (Fsp3) is 0.357. The Morgan fingerprint density at radius 2 is 2.25 bits per heavy atom. The number of hydrogen-bond donors (Lipinski definition) is 2. The molecule has 5 nitrogen and oxygen atoms in total. The van der Waals surface area contributed by atoms with Crippen LogP contribution in [0.3, 0.4) is 0 Å². The molecule has 106 valence electrons. The Bertz CT molecular complexity index is 625. The van der Waals surface area contributed by atoms with Crippen molar-refractivity contribution < 1.29 is 9.90 Å². The van der Waals surface area contributed by atoms with E-state index < -0.39 is 0 Å². The van der Waals surface area contributed by atoms with Gasteiger partial charge in [-0.1, -0.05) is 0 Å². The van der Waals surface area contributed by atoms with E-state index in [1.807, 2.05) is 20.8 Å². The number of aliphatic hydroxyl groups is 1. The number of aryl methyl sites for hydroxylation is 2. The summed E-state index contributed by atoms with van der Waals surface area (Å²) in [5.74, 6) is -0.266. The molecule has 0 bridgehead atoms. The molecule has 0 saturated heterocycles. The summed E-state index contributed by atoms with van der Waals surface area (Å²) in [5.41, 5.74) is 1.85. The molecule has 2 N–H and O–H groups in total. The molecule has 0 aliphatic rings. The van der Waals surface area contributed by atoms with Crippen LogP contribution in [0, 0.1) is 13.8 Å². The average Bonchev–Trinajstić information content (AvgIpc) is 2.77. The number of thiazole rings is 1. The molecule has 0 saturated carbocycles. The van der Waals surface area contributed by atoms with Gasteiger partial charge in [0.2, 0.25) is 0 Å². The van der Waals surface area contributed by atoms with Gasteiger partial charge in [-0.05, 0) is 38.5 Å². The van der Waals surface area contributed by atoms with Crippen LogP contribution in [0.4, 0.5) is 0 Å². The Morgan fingerprint density at radius 3 is 2.85 bits per heavy atom. The van der Waals surface area contributed by atoms with Gasteiger partial charge in [-0.2, -0.15) is 0 Å². The number of hydrogen-bond acceptors (Lipinski definition) is 5. The number of nitrogens with one attached hydrogen (secondary N) is 1. The summed E-state index contributed by atoms with van der Waals surface area (Å²) in [7, 11) is 0. The standard InChI is InChI=1S/C14H17N3O2S/c1-8(13-9(2)20-10(3)17-13)16-14(19)12-6-11(7-18)4-5-15-12/h4-6,8,18H,7H2,1-3H3,(H,16,19)/t8-/m0/s1. The van der Waals surface area contributed by atoms with Crippen LogP contribution in [0.2, 0.25) is 0 Å². The van der Waals surface area contributed by atoms with Crippen molar-refractivity contribution in [1.82, 2.24) is 15.3 Å². The van der Waals surface area contributed by atoms with E-state index in [0.29, 0.717) is 11.3 Å². The van der Waals surface area contributed by atoms with Crippen molar-refractivity contribution in [1.29, 1.82) is 0 Å². The Morgan fingerprint density at radius 1 is 1.50 bits per heavy atom. The molecule has 0 aliphatic heterocycles. The van der Waals surface area contributed by atoms with Crippen LogP contribution in [0.5, 0.6) is 0 Å². The van der Waals surface area contributed by atoms with E-state index in [1.54, 1.807) is 23.5 Å². The SMILES string of the molecule is Cc1nc([C@H](C)NC(=O)c2cc(CO)ccn2)c(C)s1. The first-order valence-electron chi connectivity index (χ1n) is 6.32. The molecule has 0 radical (unpaired) electrons. The molecule has 0 aromatic carbocycles. The Kier molecular flexibility index (Phi) is 4.46. The molecule has 1 amide bonds. The molecule has 2 aromatic heterocycles. The molecule has 2 aromatic rings. The first-order valence-corrected chi connectivity index (χ1v) is 7.13. The van der Waals surface area contributed by atoms with Crippen molar-refractivity contribution >= 4 is 17.2 Å². The minimum absolute atomic E-state index is 0.108. The molecule has 0 aliphatic carbocycles. The zero-order valence-electron chi connectivity index (χ0n) is 11.7. The number of carbonyl (C=O) groups is 1. The van der Waals surface area contributed by atoms with Gasteiger partial charge in [0, 0.05) is 11.1 Å². The van der Waals surface area contributed by atoms with Crippen molar-refractivity contribution in [3.63, 3.8) is 0 Å². The van der Waals surface area contributed by atoms with E-state index >= 15 is 0 Å². The van der Waals surface area contributed by atoms with Gasteiger partial charge in [0.1, 0.15) is 5.69 Å². The van der Waals surface area contributed by atoms with Gasteiger partial charge >= 0.3 is 0 Å². The summed E-state index contributed by atoms with van der Waals surface area (Å²) in [6.45, 7) is 5.73. The number of amides is 1. The van der Waals surface area contributed by atoms with Crippen molar-refractivity contribution in [2.24, 2.45) is 0 Å². The summed E-state index contributed by atoms with van der Waals surface area (Å²) >= 11 is 1.62. The van der Waals surface area contributed by atoms with Crippen molar-refractivity contribution in [3.05, 3.63) is 45.2 Å². The molecule has 1 atom stereocenters. The fourth-order valence-corrected chi connectivity index (χ4v) is 2.90. The maximum Gasteiger partial charge on any atom is 0.270 e. The average molecular weight is 291 g/mol. The second-order valence-electron chi connectivity index (χ2n) is 4.58. The van der Waals surface area contributed by atoms with Crippen molar-refractivity contribution in [3.8, 4) is 0 Å². The molecule has 6 heteroatoms. The summed E-state index contributed by atoms with van der Waals surface area (Å²) in [6, 6.07) is 3.09. The minimum atomic E-state index is -0.266. The maximum absolute atomic E-state index is 12.1. The van der Waals surface area contributed by atoms with Gasteiger partial charge in [0.05, 0.1) is 23.4 Å². The van der Waals surface area contributed by atoms with E-state index in [1.165, 1.54) is 6.20 Å². The van der Waals surface area contributed by atoms with Crippen LogP contribution >= 0.6 is 11.3 Å². The summed E-state index contributed by atoms with van der Waals surface area (Å²) in [4.78, 5) is 21.7. The van der Waals surface area contributed by atoms with E-state index in [0.717, 1.165) is 15.6 Å². The van der Waals surface area contributed by atoms with Gasteiger partial charge < -0.3 is 10.4 Å². The summed E-state index contributed by atoms with van der Waals surface area (Å²) in [5, 5.41) is 12.9. The van der Waals surface area contributed by atoms with Crippen LogP contribution in [-0.4, -0.2) is 21.0 Å². The molecule has 20 heavy (non-hydrogen) atoms. The Balaban J connectivity index is 2.12. The van der Waals surface area contributed by atoms with E-state index in [4.69, 9.17) is 5.11 Å². The van der Waals surface area contributed by atoms with E-state index in [2.05, 4.69) is 15.3 Å². The lowest BCUT2D eigenvalue weighted by Gasteiger charge is -2.12.